The number of hydrogen-bond acceptors (Lipinski definition) is 2. The largest absolute Gasteiger partial charge is 0.393 e. The Labute approximate surface area is 164 Å². The first-order chi connectivity index (χ1) is 12.7. The van der Waals surface area contributed by atoms with Gasteiger partial charge in [-0.2, -0.15) is 0 Å². The standard InChI is InChI=1S/C24H48O2/c1-3-4-5-6-7-8-9-10-11-12-13-14-18-21-24(26)22-19-16-15-17-20-23(2)25/h15,17,23-26H,3-14,16,18-22H2,1-2H3. The fourth-order valence-electron chi connectivity index (χ4n) is 3.42. The van der Waals surface area contributed by atoms with Gasteiger partial charge in [-0.3, -0.25) is 0 Å². The van der Waals surface area contributed by atoms with Crippen LogP contribution in [0.1, 0.15) is 129 Å². The zero-order chi connectivity index (χ0) is 19.3. The maximum Gasteiger partial charge on any atom is 0.0546 e. The van der Waals surface area contributed by atoms with Crippen LogP contribution in [0.25, 0.3) is 0 Å². The van der Waals surface area contributed by atoms with E-state index in [0.717, 1.165) is 32.1 Å². The molecule has 0 spiro atoms. The Bertz CT molecular complexity index is 286. The summed E-state index contributed by atoms with van der Waals surface area (Å²) in [5.74, 6) is 0. The fourth-order valence-corrected chi connectivity index (χ4v) is 3.42. The van der Waals surface area contributed by atoms with Crippen LogP contribution in [0.4, 0.5) is 0 Å². The van der Waals surface area contributed by atoms with Gasteiger partial charge in [0.25, 0.3) is 0 Å². The number of aliphatic hydroxyl groups excluding tert-OH is 2. The molecule has 156 valence electrons. The second-order valence-electron chi connectivity index (χ2n) is 8.17. The van der Waals surface area contributed by atoms with E-state index in [1.165, 1.54) is 83.5 Å². The molecular formula is C24H48O2. The Kier molecular flexibility index (Phi) is 20.7. The second-order valence-corrected chi connectivity index (χ2v) is 8.17. The van der Waals surface area contributed by atoms with Gasteiger partial charge in [0.05, 0.1) is 12.2 Å². The van der Waals surface area contributed by atoms with E-state index in [4.69, 9.17) is 5.11 Å². The van der Waals surface area contributed by atoms with E-state index in [-0.39, 0.29) is 12.2 Å². The van der Waals surface area contributed by atoms with Crippen molar-refractivity contribution in [2.45, 2.75) is 142 Å². The molecule has 2 heteroatoms. The van der Waals surface area contributed by atoms with Gasteiger partial charge < -0.3 is 10.2 Å². The SMILES string of the molecule is CCCCCCCCCCCCCCCC(O)CCCC=CCC(C)O. The van der Waals surface area contributed by atoms with Gasteiger partial charge >= 0.3 is 0 Å². The molecule has 2 N–H and O–H groups in total. The van der Waals surface area contributed by atoms with Crippen molar-refractivity contribution in [3.63, 3.8) is 0 Å². The minimum absolute atomic E-state index is 0.118. The summed E-state index contributed by atoms with van der Waals surface area (Å²) in [6, 6.07) is 0. The lowest BCUT2D eigenvalue weighted by Gasteiger charge is -2.09. The lowest BCUT2D eigenvalue weighted by Crippen LogP contribution is -2.05. The molecule has 0 fully saturated rings. The maximum absolute atomic E-state index is 10.0. The van der Waals surface area contributed by atoms with Crippen LogP contribution in [-0.2, 0) is 0 Å². The summed E-state index contributed by atoms with van der Waals surface area (Å²) < 4.78 is 0. The summed E-state index contributed by atoms with van der Waals surface area (Å²) in [5.41, 5.74) is 0. The molecule has 0 aromatic rings. The van der Waals surface area contributed by atoms with E-state index < -0.39 is 0 Å². The Morgan fingerprint density at radius 3 is 1.58 bits per heavy atom. The lowest BCUT2D eigenvalue weighted by molar-refractivity contribution is 0.148. The predicted octanol–water partition coefficient (Wildman–Crippen LogP) is 7.33. The topological polar surface area (TPSA) is 40.5 Å². The molecule has 2 atom stereocenters. The van der Waals surface area contributed by atoms with E-state index in [1.54, 1.807) is 0 Å². The molecule has 0 aromatic carbocycles. The van der Waals surface area contributed by atoms with Gasteiger partial charge in [-0.15, -0.1) is 0 Å². The summed E-state index contributed by atoms with van der Waals surface area (Å²) in [4.78, 5) is 0. The van der Waals surface area contributed by atoms with E-state index in [2.05, 4.69) is 13.0 Å². The number of rotatable bonds is 20. The highest BCUT2D eigenvalue weighted by atomic mass is 16.3. The third-order valence-corrected chi connectivity index (χ3v) is 5.19. The van der Waals surface area contributed by atoms with Crippen LogP contribution in [0, 0.1) is 0 Å². The van der Waals surface area contributed by atoms with Crippen molar-refractivity contribution < 1.29 is 10.2 Å². The maximum atomic E-state index is 10.0. The Morgan fingerprint density at radius 1 is 0.615 bits per heavy atom. The number of aliphatic hydroxyl groups is 2. The minimum Gasteiger partial charge on any atom is -0.393 e. The molecule has 0 aliphatic carbocycles. The van der Waals surface area contributed by atoms with Crippen LogP contribution in [0.3, 0.4) is 0 Å². The molecular weight excluding hydrogens is 320 g/mol. The van der Waals surface area contributed by atoms with Crippen molar-refractivity contribution in [2.24, 2.45) is 0 Å². The van der Waals surface area contributed by atoms with Crippen LogP contribution >= 0.6 is 0 Å². The van der Waals surface area contributed by atoms with Gasteiger partial charge in [0.1, 0.15) is 0 Å². The van der Waals surface area contributed by atoms with E-state index >= 15 is 0 Å². The second kappa shape index (κ2) is 21.0. The molecule has 0 aliphatic rings. The quantitative estimate of drug-likeness (QED) is 0.174. The molecule has 2 nitrogen and oxygen atoms in total. The van der Waals surface area contributed by atoms with Crippen molar-refractivity contribution in [3.8, 4) is 0 Å². The van der Waals surface area contributed by atoms with Gasteiger partial charge in [0.2, 0.25) is 0 Å². The monoisotopic (exact) mass is 368 g/mol. The summed E-state index contributed by atoms with van der Waals surface area (Å²) in [7, 11) is 0. The highest BCUT2D eigenvalue weighted by molar-refractivity contribution is 4.83. The van der Waals surface area contributed by atoms with Crippen LogP contribution in [0.2, 0.25) is 0 Å². The normalized spacial score (nSPS) is 14.2. The summed E-state index contributed by atoms with van der Waals surface area (Å²) >= 11 is 0. The smallest absolute Gasteiger partial charge is 0.0546 e. The zero-order valence-corrected chi connectivity index (χ0v) is 17.9. The van der Waals surface area contributed by atoms with Gasteiger partial charge in [0, 0.05) is 0 Å². The van der Waals surface area contributed by atoms with Gasteiger partial charge in [-0.05, 0) is 39.0 Å². The van der Waals surface area contributed by atoms with Crippen molar-refractivity contribution >= 4 is 0 Å². The van der Waals surface area contributed by atoms with E-state index in [9.17, 15) is 5.11 Å². The average molecular weight is 369 g/mol. The van der Waals surface area contributed by atoms with Crippen molar-refractivity contribution in [1.29, 1.82) is 0 Å². The van der Waals surface area contributed by atoms with Crippen molar-refractivity contribution in [2.75, 3.05) is 0 Å². The first-order valence-electron chi connectivity index (χ1n) is 11.7. The highest BCUT2D eigenvalue weighted by Gasteiger charge is 2.03. The fraction of sp³-hybridized carbons (Fsp3) is 0.917. The third kappa shape index (κ3) is 21.7. The average Bonchev–Trinajstić information content (AvgIpc) is 2.61. The molecule has 0 radical (unpaired) electrons. The zero-order valence-electron chi connectivity index (χ0n) is 17.9. The molecule has 0 bridgehead atoms. The molecule has 0 saturated carbocycles. The molecule has 0 amide bonds. The summed E-state index contributed by atoms with van der Waals surface area (Å²) in [6.07, 6.45) is 26.4. The van der Waals surface area contributed by atoms with Gasteiger partial charge in [0.15, 0.2) is 0 Å². The number of allylic oxidation sites excluding steroid dienone is 1. The predicted molar refractivity (Wildman–Crippen MR) is 116 cm³/mol. The van der Waals surface area contributed by atoms with E-state index in [1.807, 2.05) is 13.0 Å². The Hall–Kier alpha value is -0.340. The molecule has 26 heavy (non-hydrogen) atoms. The first-order valence-corrected chi connectivity index (χ1v) is 11.7. The van der Waals surface area contributed by atoms with Gasteiger partial charge in [-0.25, -0.2) is 0 Å². The van der Waals surface area contributed by atoms with Crippen molar-refractivity contribution in [1.82, 2.24) is 0 Å². The van der Waals surface area contributed by atoms with Crippen molar-refractivity contribution in [3.05, 3.63) is 12.2 Å². The molecule has 0 aromatic heterocycles. The minimum atomic E-state index is -0.243. The molecule has 0 aliphatic heterocycles. The molecule has 0 rings (SSSR count). The van der Waals surface area contributed by atoms with Crippen LogP contribution < -0.4 is 0 Å². The Morgan fingerprint density at radius 2 is 1.08 bits per heavy atom. The first kappa shape index (κ1) is 25.7. The third-order valence-electron chi connectivity index (χ3n) is 5.19. The van der Waals surface area contributed by atoms with Crippen LogP contribution in [-0.4, -0.2) is 22.4 Å². The summed E-state index contributed by atoms with van der Waals surface area (Å²) in [6.45, 7) is 4.09. The van der Waals surface area contributed by atoms with Crippen LogP contribution in [0.15, 0.2) is 12.2 Å². The van der Waals surface area contributed by atoms with Gasteiger partial charge in [-0.1, -0.05) is 103 Å². The van der Waals surface area contributed by atoms with Crippen LogP contribution in [0.5, 0.6) is 0 Å². The lowest BCUT2D eigenvalue weighted by atomic mass is 10.0. The molecule has 2 unspecified atom stereocenters. The summed E-state index contributed by atoms with van der Waals surface area (Å²) in [5, 5.41) is 19.2. The highest BCUT2D eigenvalue weighted by Crippen LogP contribution is 2.14. The molecule has 0 saturated heterocycles. The van der Waals surface area contributed by atoms with E-state index in [0.29, 0.717) is 0 Å². The number of hydrogen-bond donors (Lipinski definition) is 2. The Balaban J connectivity index is 3.18. The number of unbranched alkanes of at least 4 members (excludes halogenated alkanes) is 13. The molecule has 0 heterocycles.